The van der Waals surface area contributed by atoms with Gasteiger partial charge in [0.1, 0.15) is 5.54 Å². The van der Waals surface area contributed by atoms with Gasteiger partial charge in [-0.2, -0.15) is 0 Å². The van der Waals surface area contributed by atoms with E-state index in [1.165, 1.54) is 19.3 Å². The molecule has 0 radical (unpaired) electrons. The number of carbonyl (C=O) groups is 1. The molecule has 5 heteroatoms. The SMILES string of the molecule is CCCCCCCCC(=O)NC(CO)(CO)CO. The van der Waals surface area contributed by atoms with Gasteiger partial charge in [0.05, 0.1) is 19.8 Å². The molecule has 0 aromatic carbocycles. The van der Waals surface area contributed by atoms with Gasteiger partial charge in [0.2, 0.25) is 5.91 Å². The number of nitrogens with one attached hydrogen (secondary N) is 1. The quantitative estimate of drug-likeness (QED) is 0.409. The maximum atomic E-state index is 11.6. The highest BCUT2D eigenvalue weighted by molar-refractivity contribution is 5.76. The Kier molecular flexibility index (Phi) is 9.92. The summed E-state index contributed by atoms with van der Waals surface area (Å²) in [6.07, 6.45) is 6.94. The van der Waals surface area contributed by atoms with Crippen LogP contribution in [-0.2, 0) is 4.79 Å². The van der Waals surface area contributed by atoms with Crippen molar-refractivity contribution in [3.8, 4) is 0 Å². The van der Waals surface area contributed by atoms with E-state index >= 15 is 0 Å². The van der Waals surface area contributed by atoms with Crippen LogP contribution >= 0.6 is 0 Å². The fraction of sp³-hybridized carbons (Fsp3) is 0.923. The van der Waals surface area contributed by atoms with E-state index in [2.05, 4.69) is 12.2 Å². The van der Waals surface area contributed by atoms with E-state index in [0.29, 0.717) is 6.42 Å². The van der Waals surface area contributed by atoms with Crippen LogP contribution in [-0.4, -0.2) is 46.6 Å². The third-order valence-electron chi connectivity index (χ3n) is 3.07. The number of hydrogen-bond donors (Lipinski definition) is 4. The van der Waals surface area contributed by atoms with Crippen molar-refractivity contribution >= 4 is 5.91 Å². The van der Waals surface area contributed by atoms with Crippen LogP contribution in [0.25, 0.3) is 0 Å². The number of carbonyl (C=O) groups excluding carboxylic acids is 1. The van der Waals surface area contributed by atoms with Crippen molar-refractivity contribution in [2.24, 2.45) is 0 Å². The molecule has 0 bridgehead atoms. The molecule has 0 saturated carbocycles. The van der Waals surface area contributed by atoms with E-state index in [0.717, 1.165) is 19.3 Å². The summed E-state index contributed by atoms with van der Waals surface area (Å²) in [7, 11) is 0. The van der Waals surface area contributed by atoms with Gasteiger partial charge in [-0.3, -0.25) is 4.79 Å². The molecule has 108 valence electrons. The molecule has 5 nitrogen and oxygen atoms in total. The molecule has 0 aliphatic rings. The van der Waals surface area contributed by atoms with E-state index in [4.69, 9.17) is 15.3 Å². The first-order valence-electron chi connectivity index (χ1n) is 6.77. The standard InChI is InChI=1S/C13H27NO4/c1-2-3-4-5-6-7-8-12(18)14-13(9-15,10-16)11-17/h15-17H,2-11H2,1H3,(H,14,18). The zero-order chi connectivity index (χ0) is 13.9. The summed E-state index contributed by atoms with van der Waals surface area (Å²) in [4.78, 5) is 11.6. The van der Waals surface area contributed by atoms with Crippen LogP contribution in [0.5, 0.6) is 0 Å². The van der Waals surface area contributed by atoms with Crippen LogP contribution in [0.2, 0.25) is 0 Å². The second-order valence-electron chi connectivity index (χ2n) is 4.82. The van der Waals surface area contributed by atoms with E-state index in [9.17, 15) is 4.79 Å². The van der Waals surface area contributed by atoms with Crippen LogP contribution in [0.3, 0.4) is 0 Å². The van der Waals surface area contributed by atoms with E-state index in [1.807, 2.05) is 0 Å². The lowest BCUT2D eigenvalue weighted by atomic mass is 10.0. The van der Waals surface area contributed by atoms with Crippen molar-refractivity contribution in [3.05, 3.63) is 0 Å². The highest BCUT2D eigenvalue weighted by Crippen LogP contribution is 2.08. The average molecular weight is 261 g/mol. The maximum absolute atomic E-state index is 11.6. The topological polar surface area (TPSA) is 89.8 Å². The third kappa shape index (κ3) is 6.93. The molecule has 0 heterocycles. The highest BCUT2D eigenvalue weighted by atomic mass is 16.3. The Morgan fingerprint density at radius 1 is 0.944 bits per heavy atom. The van der Waals surface area contributed by atoms with Gasteiger partial charge in [0.25, 0.3) is 0 Å². The molecule has 1 amide bonds. The Bertz CT molecular complexity index is 209. The number of unbranched alkanes of at least 4 members (excludes halogenated alkanes) is 5. The molecule has 0 unspecified atom stereocenters. The van der Waals surface area contributed by atoms with E-state index in [-0.39, 0.29) is 5.91 Å². The zero-order valence-corrected chi connectivity index (χ0v) is 11.3. The van der Waals surface area contributed by atoms with Crippen molar-refractivity contribution < 1.29 is 20.1 Å². The Labute approximate surface area is 109 Å². The summed E-state index contributed by atoms with van der Waals surface area (Å²) in [5.74, 6) is -0.234. The lowest BCUT2D eigenvalue weighted by molar-refractivity contribution is -0.125. The van der Waals surface area contributed by atoms with Crippen molar-refractivity contribution in [3.63, 3.8) is 0 Å². The largest absolute Gasteiger partial charge is 0.394 e. The predicted molar refractivity (Wildman–Crippen MR) is 70.1 cm³/mol. The van der Waals surface area contributed by atoms with Crippen LogP contribution in [0.15, 0.2) is 0 Å². The number of rotatable bonds is 11. The molecular weight excluding hydrogens is 234 g/mol. The lowest BCUT2D eigenvalue weighted by Crippen LogP contribution is -2.57. The molecule has 18 heavy (non-hydrogen) atoms. The second-order valence-corrected chi connectivity index (χ2v) is 4.82. The summed E-state index contributed by atoms with van der Waals surface area (Å²) in [6, 6.07) is 0. The number of amides is 1. The van der Waals surface area contributed by atoms with E-state index in [1.54, 1.807) is 0 Å². The number of hydrogen-bond acceptors (Lipinski definition) is 4. The molecule has 0 aliphatic carbocycles. The summed E-state index contributed by atoms with van der Waals surface area (Å²) < 4.78 is 0. The predicted octanol–water partition coefficient (Wildman–Crippen LogP) is 0.569. The minimum absolute atomic E-state index is 0.234. The molecule has 4 N–H and O–H groups in total. The summed E-state index contributed by atoms with van der Waals surface area (Å²) >= 11 is 0. The normalized spacial score (nSPS) is 11.6. The summed E-state index contributed by atoms with van der Waals surface area (Å²) in [5, 5.41) is 29.7. The van der Waals surface area contributed by atoms with Gasteiger partial charge in [-0.15, -0.1) is 0 Å². The van der Waals surface area contributed by atoms with Crippen molar-refractivity contribution in [2.45, 2.75) is 57.4 Å². The van der Waals surface area contributed by atoms with Crippen LogP contribution in [0, 0.1) is 0 Å². The maximum Gasteiger partial charge on any atom is 0.220 e. The van der Waals surface area contributed by atoms with Crippen LogP contribution < -0.4 is 5.32 Å². The summed E-state index contributed by atoms with van der Waals surface area (Å²) in [6.45, 7) is 0.748. The molecule has 0 fully saturated rings. The molecule has 0 spiro atoms. The fourth-order valence-corrected chi connectivity index (χ4v) is 1.69. The molecule has 0 aromatic heterocycles. The first-order valence-corrected chi connectivity index (χ1v) is 6.77. The minimum atomic E-state index is -1.29. The Hall–Kier alpha value is -0.650. The number of aliphatic hydroxyl groups is 3. The van der Waals surface area contributed by atoms with Gasteiger partial charge < -0.3 is 20.6 Å². The van der Waals surface area contributed by atoms with E-state index < -0.39 is 25.4 Å². The average Bonchev–Trinajstić information content (AvgIpc) is 2.40. The molecule has 0 saturated heterocycles. The Morgan fingerprint density at radius 3 is 1.94 bits per heavy atom. The highest BCUT2D eigenvalue weighted by Gasteiger charge is 2.29. The monoisotopic (exact) mass is 261 g/mol. The van der Waals surface area contributed by atoms with Crippen molar-refractivity contribution in [2.75, 3.05) is 19.8 Å². The van der Waals surface area contributed by atoms with Gasteiger partial charge in [-0.1, -0.05) is 39.0 Å². The van der Waals surface area contributed by atoms with Crippen LogP contribution in [0.4, 0.5) is 0 Å². The van der Waals surface area contributed by atoms with Gasteiger partial charge >= 0.3 is 0 Å². The summed E-state index contributed by atoms with van der Waals surface area (Å²) in [5.41, 5.74) is -1.29. The van der Waals surface area contributed by atoms with Crippen molar-refractivity contribution in [1.82, 2.24) is 5.32 Å². The van der Waals surface area contributed by atoms with Gasteiger partial charge in [0, 0.05) is 6.42 Å². The first kappa shape index (κ1) is 17.4. The first-order chi connectivity index (χ1) is 8.64. The Morgan fingerprint density at radius 2 is 1.44 bits per heavy atom. The van der Waals surface area contributed by atoms with Crippen molar-refractivity contribution in [1.29, 1.82) is 0 Å². The molecule has 0 atom stereocenters. The fourth-order valence-electron chi connectivity index (χ4n) is 1.69. The van der Waals surface area contributed by atoms with Crippen LogP contribution in [0.1, 0.15) is 51.9 Å². The number of aliphatic hydroxyl groups excluding tert-OH is 3. The molecule has 0 aromatic rings. The smallest absolute Gasteiger partial charge is 0.220 e. The second kappa shape index (κ2) is 10.3. The minimum Gasteiger partial charge on any atom is -0.394 e. The van der Waals surface area contributed by atoms with Gasteiger partial charge in [-0.25, -0.2) is 0 Å². The van der Waals surface area contributed by atoms with Gasteiger partial charge in [0.15, 0.2) is 0 Å². The third-order valence-corrected chi connectivity index (χ3v) is 3.07. The Balaban J connectivity index is 3.76. The molecule has 0 rings (SSSR count). The lowest BCUT2D eigenvalue weighted by Gasteiger charge is -2.28. The zero-order valence-electron chi connectivity index (χ0n) is 11.3. The molecular formula is C13H27NO4. The molecule has 0 aliphatic heterocycles. The van der Waals surface area contributed by atoms with Gasteiger partial charge in [-0.05, 0) is 6.42 Å².